The van der Waals surface area contributed by atoms with E-state index >= 15 is 0 Å². The van der Waals surface area contributed by atoms with Crippen LogP contribution in [-0.2, 0) is 14.0 Å². The average Bonchev–Trinajstić information content (AvgIpc) is 2.65. The molecule has 0 amide bonds. The van der Waals surface area contributed by atoms with Crippen molar-refractivity contribution in [3.63, 3.8) is 0 Å². The lowest BCUT2D eigenvalue weighted by Crippen LogP contribution is -2.41. The van der Waals surface area contributed by atoms with E-state index in [0.29, 0.717) is 5.56 Å². The number of esters is 1. The quantitative estimate of drug-likeness (QED) is 0.488. The third kappa shape index (κ3) is 2.98. The molecule has 21 heavy (non-hydrogen) atoms. The molecule has 0 unspecified atom stereocenters. The van der Waals surface area contributed by atoms with Crippen LogP contribution in [0.4, 0.5) is 0 Å². The van der Waals surface area contributed by atoms with Crippen molar-refractivity contribution in [2.45, 2.75) is 43.8 Å². The van der Waals surface area contributed by atoms with Crippen molar-refractivity contribution in [3.05, 3.63) is 23.8 Å². The van der Waals surface area contributed by atoms with Crippen LogP contribution in [0.1, 0.15) is 38.1 Å². The fourth-order valence-electron chi connectivity index (χ4n) is 2.12. The molecule has 0 N–H and O–H groups in total. The number of hydrogen-bond acceptors (Lipinski definition) is 5. The van der Waals surface area contributed by atoms with Gasteiger partial charge in [-0.25, -0.2) is 4.79 Å². The largest absolute Gasteiger partial charge is 0.495 e. The van der Waals surface area contributed by atoms with Crippen LogP contribution in [0.15, 0.2) is 23.1 Å². The molecule has 0 spiro atoms. The van der Waals surface area contributed by atoms with E-state index in [0.717, 1.165) is 10.4 Å². The van der Waals surface area contributed by atoms with Gasteiger partial charge in [-0.05, 0) is 51.5 Å². The highest BCUT2D eigenvalue weighted by atomic mass is 32.2. The highest BCUT2D eigenvalue weighted by Gasteiger charge is 2.52. The van der Waals surface area contributed by atoms with Gasteiger partial charge in [0.15, 0.2) is 0 Å². The second kappa shape index (κ2) is 5.67. The van der Waals surface area contributed by atoms with E-state index in [1.165, 1.54) is 7.11 Å². The van der Waals surface area contributed by atoms with Gasteiger partial charge in [-0.15, -0.1) is 11.8 Å². The van der Waals surface area contributed by atoms with E-state index in [1.54, 1.807) is 17.8 Å². The number of methoxy groups -OCH3 is 1. The molecular formula is C15H21BO4S. The fourth-order valence-corrected chi connectivity index (χ4v) is 2.77. The molecule has 114 valence electrons. The first kappa shape index (κ1) is 16.4. The maximum atomic E-state index is 11.6. The maximum absolute atomic E-state index is 11.6. The van der Waals surface area contributed by atoms with E-state index in [1.807, 2.05) is 46.1 Å². The molecule has 0 aromatic heterocycles. The first-order chi connectivity index (χ1) is 9.71. The molecule has 0 atom stereocenters. The molecule has 2 rings (SSSR count). The van der Waals surface area contributed by atoms with Gasteiger partial charge in [0.25, 0.3) is 0 Å². The molecule has 1 aromatic carbocycles. The van der Waals surface area contributed by atoms with E-state index in [-0.39, 0.29) is 17.2 Å². The van der Waals surface area contributed by atoms with E-state index < -0.39 is 7.12 Å². The molecule has 1 aliphatic rings. The lowest BCUT2D eigenvalue weighted by atomic mass is 9.78. The van der Waals surface area contributed by atoms with Crippen LogP contribution in [0.2, 0.25) is 0 Å². The highest BCUT2D eigenvalue weighted by Crippen LogP contribution is 2.37. The lowest BCUT2D eigenvalue weighted by molar-refractivity contribution is 0.00578. The Hall–Kier alpha value is -0.975. The number of carbonyl (C=O) groups excluding carboxylic acids is 1. The molecule has 4 nitrogen and oxygen atoms in total. The highest BCUT2D eigenvalue weighted by molar-refractivity contribution is 7.98. The molecule has 6 heteroatoms. The Morgan fingerprint density at radius 1 is 1.19 bits per heavy atom. The van der Waals surface area contributed by atoms with Crippen molar-refractivity contribution < 1.29 is 18.8 Å². The molecule has 1 aromatic rings. The van der Waals surface area contributed by atoms with E-state index in [9.17, 15) is 4.79 Å². The van der Waals surface area contributed by atoms with Gasteiger partial charge in [0, 0.05) is 4.90 Å². The molecule has 0 saturated carbocycles. The summed E-state index contributed by atoms with van der Waals surface area (Å²) >= 11 is 1.56. The zero-order valence-corrected chi connectivity index (χ0v) is 14.2. The summed E-state index contributed by atoms with van der Waals surface area (Å²) in [6.45, 7) is 8.09. The van der Waals surface area contributed by atoms with Gasteiger partial charge in [0.05, 0.1) is 23.9 Å². The summed E-state index contributed by atoms with van der Waals surface area (Å²) in [6.07, 6.45) is 1.96. The van der Waals surface area contributed by atoms with Crippen LogP contribution in [-0.4, -0.2) is 37.7 Å². The number of benzene rings is 1. The number of thioether (sulfide) groups is 1. The van der Waals surface area contributed by atoms with Crippen LogP contribution < -0.4 is 5.46 Å². The van der Waals surface area contributed by atoms with Crippen molar-refractivity contribution >= 4 is 30.3 Å². The third-order valence-corrected chi connectivity index (χ3v) is 4.96. The Labute approximate surface area is 130 Å². The summed E-state index contributed by atoms with van der Waals surface area (Å²) in [7, 11) is 0.951. The summed E-state index contributed by atoms with van der Waals surface area (Å²) in [4.78, 5) is 12.6. The second-order valence-electron chi connectivity index (χ2n) is 6.04. The first-order valence-corrected chi connectivity index (χ1v) is 8.06. The number of ether oxygens (including phenoxy) is 1. The molecule has 0 bridgehead atoms. The minimum atomic E-state index is -0.427. The molecule has 0 aliphatic carbocycles. The molecular weight excluding hydrogens is 287 g/mol. The Bertz CT molecular complexity index is 541. The number of rotatable bonds is 3. The second-order valence-corrected chi connectivity index (χ2v) is 6.88. The van der Waals surface area contributed by atoms with Crippen molar-refractivity contribution in [3.8, 4) is 0 Å². The van der Waals surface area contributed by atoms with Crippen LogP contribution in [0.25, 0.3) is 0 Å². The van der Waals surface area contributed by atoms with Gasteiger partial charge in [0.2, 0.25) is 0 Å². The van der Waals surface area contributed by atoms with E-state index in [4.69, 9.17) is 14.0 Å². The predicted octanol–water partition coefficient (Wildman–Crippen LogP) is 2.49. The van der Waals surface area contributed by atoms with Gasteiger partial charge < -0.3 is 14.0 Å². The molecule has 1 fully saturated rings. The van der Waals surface area contributed by atoms with Crippen LogP contribution in [0.5, 0.6) is 0 Å². The summed E-state index contributed by atoms with van der Waals surface area (Å²) in [5, 5.41) is 0. The van der Waals surface area contributed by atoms with Crippen LogP contribution >= 0.6 is 11.8 Å². The summed E-state index contributed by atoms with van der Waals surface area (Å²) in [5.74, 6) is -0.342. The minimum Gasteiger partial charge on any atom is -0.465 e. The molecule has 1 saturated heterocycles. The minimum absolute atomic E-state index is 0.342. The predicted molar refractivity (Wildman–Crippen MR) is 85.3 cm³/mol. The van der Waals surface area contributed by atoms with Crippen molar-refractivity contribution in [2.24, 2.45) is 0 Å². The molecule has 1 aliphatic heterocycles. The summed E-state index contributed by atoms with van der Waals surface area (Å²) in [5.41, 5.74) is 0.707. The number of hydrogen-bond donors (Lipinski definition) is 0. The summed E-state index contributed by atoms with van der Waals surface area (Å²) in [6, 6.07) is 5.43. The zero-order chi connectivity index (χ0) is 15.8. The lowest BCUT2D eigenvalue weighted by Gasteiger charge is -2.32. The van der Waals surface area contributed by atoms with Gasteiger partial charge >= 0.3 is 13.1 Å². The smallest absolute Gasteiger partial charge is 0.465 e. The summed E-state index contributed by atoms with van der Waals surface area (Å²) < 4.78 is 16.9. The van der Waals surface area contributed by atoms with Crippen LogP contribution in [0, 0.1) is 0 Å². The maximum Gasteiger partial charge on any atom is 0.495 e. The monoisotopic (exact) mass is 308 g/mol. The fraction of sp³-hybridized carbons (Fsp3) is 0.533. The first-order valence-electron chi connectivity index (χ1n) is 6.84. The van der Waals surface area contributed by atoms with Crippen molar-refractivity contribution in [1.82, 2.24) is 0 Å². The van der Waals surface area contributed by atoms with Crippen LogP contribution in [0.3, 0.4) is 0 Å². The number of carbonyl (C=O) groups is 1. The average molecular weight is 308 g/mol. The van der Waals surface area contributed by atoms with Gasteiger partial charge in [-0.2, -0.15) is 0 Å². The zero-order valence-electron chi connectivity index (χ0n) is 13.4. The Balaban J connectivity index is 2.35. The SMILES string of the molecule is COC(=O)c1ccc(B2OC(C)(C)C(C)(C)O2)c(SC)c1. The van der Waals surface area contributed by atoms with E-state index in [2.05, 4.69) is 0 Å². The Morgan fingerprint density at radius 2 is 1.76 bits per heavy atom. The molecule has 0 radical (unpaired) electrons. The third-order valence-electron chi connectivity index (χ3n) is 4.16. The standard InChI is InChI=1S/C15H21BO4S/c1-14(2)15(3,4)20-16(19-14)11-8-7-10(13(17)18-5)9-12(11)21-6/h7-9H,1-6H3. The van der Waals surface area contributed by atoms with Crippen molar-refractivity contribution in [2.75, 3.05) is 13.4 Å². The van der Waals surface area contributed by atoms with Gasteiger partial charge in [0.1, 0.15) is 0 Å². The van der Waals surface area contributed by atoms with Gasteiger partial charge in [-0.3, -0.25) is 0 Å². The normalized spacial score (nSPS) is 19.6. The Morgan fingerprint density at radius 3 is 2.24 bits per heavy atom. The van der Waals surface area contributed by atoms with Crippen molar-refractivity contribution in [1.29, 1.82) is 0 Å². The Kier molecular flexibility index (Phi) is 4.43. The topological polar surface area (TPSA) is 44.8 Å². The molecule has 1 heterocycles. The van der Waals surface area contributed by atoms with Gasteiger partial charge in [-0.1, -0.05) is 6.07 Å².